The van der Waals surface area contributed by atoms with Gasteiger partial charge in [0.15, 0.2) is 0 Å². The molecule has 376 valence electrons. The summed E-state index contributed by atoms with van der Waals surface area (Å²) in [4.78, 5) is 65.7. The quantitative estimate of drug-likeness (QED) is 0.139. The molecule has 2 N–H and O–H groups in total. The van der Waals surface area contributed by atoms with Crippen molar-refractivity contribution in [3.8, 4) is 0 Å². The van der Waals surface area contributed by atoms with Gasteiger partial charge >= 0.3 is 41.5 Å². The van der Waals surface area contributed by atoms with Gasteiger partial charge in [0.2, 0.25) is 11.4 Å². The third-order valence-corrected chi connectivity index (χ3v) is 17.0. The number of carboxylic acids is 1. The Bertz CT molecular complexity index is 2430. The number of hydrogen-bond donors (Lipinski definition) is 1. The van der Waals surface area contributed by atoms with Gasteiger partial charge in [0.1, 0.15) is 0 Å². The predicted molar refractivity (Wildman–Crippen MR) is 271 cm³/mol. The molecule has 6 atom stereocenters. The van der Waals surface area contributed by atoms with Gasteiger partial charge in [-0.1, -0.05) is 127 Å². The second-order valence-corrected chi connectivity index (χ2v) is 21.3. The maximum Gasteiger partial charge on any atom is 1.00 e. The van der Waals surface area contributed by atoms with Gasteiger partial charge in [0, 0.05) is 48.3 Å². The van der Waals surface area contributed by atoms with Crippen LogP contribution in [0.4, 0.5) is 0 Å². The third kappa shape index (κ3) is 12.3. The first-order chi connectivity index (χ1) is 33.3. The van der Waals surface area contributed by atoms with Gasteiger partial charge in [-0.25, -0.2) is 19.6 Å². The van der Waals surface area contributed by atoms with Crippen LogP contribution in [0.5, 0.6) is 0 Å². The molecular weight excluding hydrogens is 892 g/mol. The van der Waals surface area contributed by atoms with E-state index in [-0.39, 0.29) is 70.7 Å². The van der Waals surface area contributed by atoms with Crippen LogP contribution in [-0.2, 0) is 4.74 Å². The summed E-state index contributed by atoms with van der Waals surface area (Å²) in [5.74, 6) is -1.85. The molecule has 13 nitrogen and oxygen atoms in total. The van der Waals surface area contributed by atoms with E-state index in [0.717, 1.165) is 36.7 Å². The van der Waals surface area contributed by atoms with Gasteiger partial charge in [0.05, 0.1) is 28.7 Å². The Morgan fingerprint density at radius 2 is 0.829 bits per heavy atom. The average molecular weight is 971 g/mol. The topological polar surface area (TPSA) is 170 Å². The molecule has 6 heterocycles. The first-order valence-electron chi connectivity index (χ1n) is 27.3. The van der Waals surface area contributed by atoms with Crippen LogP contribution in [0.25, 0.3) is 22.1 Å². The maximum absolute atomic E-state index is 13.6. The Morgan fingerprint density at radius 3 is 1.20 bits per heavy atom. The molecule has 0 spiro atoms. The molecule has 14 heteroatoms. The number of ether oxygens (including phenoxy) is 1. The molecule has 0 radical (unpaired) electrons. The van der Waals surface area contributed by atoms with Gasteiger partial charge in [-0.15, -0.1) is 0 Å². The Kier molecular flexibility index (Phi) is 20.1. The van der Waals surface area contributed by atoms with Crippen molar-refractivity contribution in [1.82, 2.24) is 28.9 Å². The molecule has 4 aromatic rings. The minimum atomic E-state index is -1.24. The van der Waals surface area contributed by atoms with E-state index < -0.39 is 17.5 Å². The summed E-state index contributed by atoms with van der Waals surface area (Å²) in [6.07, 6.45) is 35.6. The fourth-order valence-electron chi connectivity index (χ4n) is 14.1. The second kappa shape index (κ2) is 26.0. The summed E-state index contributed by atoms with van der Waals surface area (Å²) in [7, 11) is 0. The van der Waals surface area contributed by atoms with Crippen molar-refractivity contribution in [3.05, 3.63) is 80.6 Å². The van der Waals surface area contributed by atoms with E-state index in [9.17, 15) is 24.3 Å². The van der Waals surface area contributed by atoms with E-state index in [4.69, 9.17) is 4.74 Å². The zero-order chi connectivity index (χ0) is 47.0. The number of aromatic nitrogens is 4. The summed E-state index contributed by atoms with van der Waals surface area (Å²) in [6.45, 7) is 1.99. The van der Waals surface area contributed by atoms with E-state index in [0.29, 0.717) is 47.3 Å². The summed E-state index contributed by atoms with van der Waals surface area (Å²) >= 11 is 0. The molecule has 6 fully saturated rings. The van der Waals surface area contributed by atoms with Crippen LogP contribution >= 0.6 is 0 Å². The largest absolute Gasteiger partial charge is 1.00 e. The second-order valence-electron chi connectivity index (χ2n) is 21.3. The fourth-order valence-corrected chi connectivity index (χ4v) is 14.1. The van der Waals surface area contributed by atoms with Crippen LogP contribution in [-0.4, -0.2) is 94.3 Å². The minimum Gasteiger partial charge on any atom is -0.870 e. The Balaban J connectivity index is 0.000000201. The number of benzene rings is 2. The number of hydrogen-bond acceptors (Lipinski definition) is 10. The molecule has 2 unspecified atom stereocenters. The first-order valence-corrected chi connectivity index (χ1v) is 27.3. The van der Waals surface area contributed by atoms with E-state index >= 15 is 0 Å². The van der Waals surface area contributed by atoms with Gasteiger partial charge in [-0.3, -0.25) is 19.4 Å². The molecule has 4 saturated heterocycles. The number of aromatic carboxylic acids is 1. The number of fused-ring (bicyclic) bond motifs is 6. The van der Waals surface area contributed by atoms with Crippen LogP contribution in [0.1, 0.15) is 220 Å². The Hall–Kier alpha value is -3.46. The average Bonchev–Trinajstić information content (AvgIpc) is 3.34. The zero-order valence-electron chi connectivity index (χ0n) is 42.4. The fraction of sp³-hybridized carbons (Fsp3) is 0.679. The molecule has 2 aromatic carbocycles. The van der Waals surface area contributed by atoms with E-state index in [1.165, 1.54) is 154 Å². The summed E-state index contributed by atoms with van der Waals surface area (Å²) < 4.78 is 8.86. The van der Waals surface area contributed by atoms with Crippen molar-refractivity contribution in [2.45, 2.75) is 235 Å². The van der Waals surface area contributed by atoms with Crippen molar-refractivity contribution in [2.75, 3.05) is 6.61 Å². The molecule has 10 rings (SSSR count). The number of esters is 1. The van der Waals surface area contributed by atoms with Crippen molar-refractivity contribution < 1.29 is 54.5 Å². The van der Waals surface area contributed by atoms with Gasteiger partial charge < -0.3 is 24.5 Å². The summed E-state index contributed by atoms with van der Waals surface area (Å²) in [5.41, 5.74) is 1.71. The third-order valence-electron chi connectivity index (χ3n) is 17.0. The maximum atomic E-state index is 13.6. The van der Waals surface area contributed by atoms with Crippen LogP contribution < -0.4 is 40.7 Å². The van der Waals surface area contributed by atoms with Crippen LogP contribution in [0.3, 0.4) is 0 Å². The summed E-state index contributed by atoms with van der Waals surface area (Å²) in [5, 5.41) is 9.63. The smallest absolute Gasteiger partial charge is 0.870 e. The van der Waals surface area contributed by atoms with Crippen molar-refractivity contribution in [1.29, 1.82) is 0 Å². The van der Waals surface area contributed by atoms with E-state index in [2.05, 4.69) is 19.8 Å². The molecule has 2 saturated carbocycles. The first kappa shape index (κ1) is 54.3. The SMILES string of the molecule is CCOC(=O)c1nc2ccccc2n(C2C[C@H]3CCC[C@@H](C2)N3C2CCCCCCCCC2)c1=O.O=C(O)c1nc2ccccc2n(C2C[C@H]3CCC[C@@H](C2)N3C2CCCCCCCCC2)c1=O.[Na+].[OH-]. The molecule has 4 bridgehead atoms. The Labute approximate surface area is 437 Å². The molecule has 0 amide bonds. The molecule has 4 aliphatic heterocycles. The molecular formula is C56H79N6NaO7. The van der Waals surface area contributed by atoms with Crippen LogP contribution in [0.2, 0.25) is 0 Å². The van der Waals surface area contributed by atoms with Gasteiger partial charge in [-0.2, -0.15) is 0 Å². The Morgan fingerprint density at radius 1 is 0.500 bits per heavy atom. The van der Waals surface area contributed by atoms with Crippen LogP contribution in [0.15, 0.2) is 58.1 Å². The standard InChI is InChI=1S/C29H41N3O3.C27H37N3O3.Na.H2O/c1-2-35-29(34)27-28(33)32(26-18-11-10-17-25(26)30-27)24-19-22-15-12-16-23(20-24)31(22)21-13-8-6-4-3-5-7-9-14-21;31-26-25(27(32)33)28-23-15-8-9-16-24(23)30(26)22-17-20-13-10-14-21(18-22)29(20)19-11-6-4-2-1-3-5-7-12-19;;/h10-11,17-18,21-24H,2-9,12-16,19-20H2,1H3;8-9,15-16,19-22H,1-7,10-14,17-18H2,(H,32,33);;1H2/q;;+1;/p-1/t22-,23+,24?;20-,21+,22?;;. The number of carbonyl (C=O) groups is 2. The van der Waals surface area contributed by atoms with Crippen molar-refractivity contribution in [3.63, 3.8) is 0 Å². The number of para-hydroxylation sites is 4. The molecule has 2 aliphatic carbocycles. The molecule has 70 heavy (non-hydrogen) atoms. The monoisotopic (exact) mass is 971 g/mol. The summed E-state index contributed by atoms with van der Waals surface area (Å²) in [6, 6.07) is 18.7. The van der Waals surface area contributed by atoms with Gasteiger partial charge in [-0.05, 0) is 108 Å². The molecule has 2 aromatic heterocycles. The number of carboxylic acid groups (broad SMARTS) is 1. The van der Waals surface area contributed by atoms with E-state index in [1.807, 2.05) is 53.1 Å². The normalized spacial score (nSPS) is 26.6. The van der Waals surface area contributed by atoms with Gasteiger partial charge in [0.25, 0.3) is 11.1 Å². The number of rotatable bonds is 7. The van der Waals surface area contributed by atoms with Crippen LogP contribution in [0, 0.1) is 0 Å². The predicted octanol–water partition coefficient (Wildman–Crippen LogP) is 8.40. The van der Waals surface area contributed by atoms with Crippen molar-refractivity contribution in [2.24, 2.45) is 0 Å². The van der Waals surface area contributed by atoms with E-state index in [1.54, 1.807) is 11.5 Å². The number of carbonyl (C=O) groups excluding carboxylic acids is 1. The minimum absolute atomic E-state index is 0. The zero-order valence-corrected chi connectivity index (χ0v) is 44.4. The number of piperidine rings is 4. The molecule has 6 aliphatic rings. The van der Waals surface area contributed by atoms with Crippen molar-refractivity contribution >= 4 is 34.0 Å². The number of nitrogens with zero attached hydrogens (tertiary/aromatic N) is 6.